The highest BCUT2D eigenvalue weighted by Gasteiger charge is 2.27. The number of likely N-dealkylation sites (tertiary alicyclic amines) is 1. The molecule has 0 amide bonds. The van der Waals surface area contributed by atoms with Gasteiger partial charge < -0.3 is 0 Å². The predicted octanol–water partition coefficient (Wildman–Crippen LogP) is 3.28. The van der Waals surface area contributed by atoms with Crippen molar-refractivity contribution < 1.29 is 0 Å². The molecule has 0 spiro atoms. The third-order valence-electron chi connectivity index (χ3n) is 3.48. The number of benzene rings is 1. The summed E-state index contributed by atoms with van der Waals surface area (Å²) in [7, 11) is 0. The van der Waals surface area contributed by atoms with Crippen molar-refractivity contribution in [2.24, 2.45) is 0 Å². The van der Waals surface area contributed by atoms with Gasteiger partial charge in [0.05, 0.1) is 0 Å². The minimum atomic E-state index is 0.480. The highest BCUT2D eigenvalue weighted by atomic mass is 32.1. The number of rotatable bonds is 3. The Bertz CT molecular complexity index is 331. The Labute approximate surface area is 104 Å². The third-order valence-corrected chi connectivity index (χ3v) is 3.82. The third kappa shape index (κ3) is 2.80. The van der Waals surface area contributed by atoms with Crippen molar-refractivity contribution in [3.63, 3.8) is 0 Å². The summed E-state index contributed by atoms with van der Waals surface area (Å²) >= 11 is 4.59. The van der Waals surface area contributed by atoms with E-state index in [2.05, 4.69) is 55.6 Å². The fourth-order valence-corrected chi connectivity index (χ4v) is 2.86. The Kier molecular flexibility index (Phi) is 3.93. The van der Waals surface area contributed by atoms with Crippen molar-refractivity contribution in [3.8, 4) is 0 Å². The lowest BCUT2D eigenvalue weighted by Gasteiger charge is -2.27. The number of nitrogens with zero attached hydrogens (tertiary/aromatic N) is 1. The maximum atomic E-state index is 4.59. The summed E-state index contributed by atoms with van der Waals surface area (Å²) in [4.78, 5) is 2.57. The van der Waals surface area contributed by atoms with Crippen LogP contribution in [0.3, 0.4) is 0 Å². The molecule has 2 rings (SSSR count). The Morgan fingerprint density at radius 1 is 1.38 bits per heavy atom. The van der Waals surface area contributed by atoms with Crippen LogP contribution in [-0.2, 0) is 6.54 Å². The van der Waals surface area contributed by atoms with Gasteiger partial charge in [0, 0.05) is 17.8 Å². The Balaban J connectivity index is 2.01. The predicted molar refractivity (Wildman–Crippen MR) is 73.1 cm³/mol. The van der Waals surface area contributed by atoms with E-state index in [0.29, 0.717) is 11.3 Å². The van der Waals surface area contributed by atoms with Crippen LogP contribution in [0.2, 0.25) is 0 Å². The number of hydrogen-bond acceptors (Lipinski definition) is 2. The van der Waals surface area contributed by atoms with Gasteiger partial charge in [-0.25, -0.2) is 0 Å². The highest BCUT2D eigenvalue weighted by molar-refractivity contribution is 7.81. The first-order chi connectivity index (χ1) is 7.66. The minimum absolute atomic E-state index is 0.480. The van der Waals surface area contributed by atoms with Crippen LogP contribution in [0.1, 0.15) is 30.9 Å². The van der Waals surface area contributed by atoms with E-state index < -0.39 is 0 Å². The minimum Gasteiger partial charge on any atom is -0.295 e. The Morgan fingerprint density at radius 2 is 2.06 bits per heavy atom. The molecule has 0 aliphatic carbocycles. The standard InChI is InChI=1S/C14H21NS/c1-11-5-7-13(8-6-11)10-15-9-3-4-14(15)12(2)16/h5-8,12,14,16H,3-4,9-10H2,1-2H3. The quantitative estimate of drug-likeness (QED) is 0.787. The molecule has 0 bridgehead atoms. The van der Waals surface area contributed by atoms with E-state index in [4.69, 9.17) is 0 Å². The molecule has 0 radical (unpaired) electrons. The van der Waals surface area contributed by atoms with Gasteiger partial charge in [-0.1, -0.05) is 36.8 Å². The monoisotopic (exact) mass is 235 g/mol. The van der Waals surface area contributed by atoms with Crippen LogP contribution in [0.15, 0.2) is 24.3 Å². The zero-order chi connectivity index (χ0) is 11.5. The Hall–Kier alpha value is -0.470. The van der Waals surface area contributed by atoms with E-state index >= 15 is 0 Å². The number of aryl methyl sites for hydroxylation is 1. The van der Waals surface area contributed by atoms with Crippen molar-refractivity contribution in [3.05, 3.63) is 35.4 Å². The molecule has 1 nitrogen and oxygen atoms in total. The molecule has 16 heavy (non-hydrogen) atoms. The van der Waals surface area contributed by atoms with Crippen molar-refractivity contribution in [1.82, 2.24) is 4.90 Å². The van der Waals surface area contributed by atoms with Crippen molar-refractivity contribution in [2.45, 2.75) is 44.5 Å². The zero-order valence-corrected chi connectivity index (χ0v) is 11.1. The van der Waals surface area contributed by atoms with Gasteiger partial charge in [-0.3, -0.25) is 4.90 Å². The summed E-state index contributed by atoms with van der Waals surface area (Å²) in [6.45, 7) is 6.65. The first-order valence-corrected chi connectivity index (χ1v) is 6.66. The SMILES string of the molecule is Cc1ccc(CN2CCCC2C(C)S)cc1. The van der Waals surface area contributed by atoms with Crippen molar-refractivity contribution in [2.75, 3.05) is 6.54 Å². The fraction of sp³-hybridized carbons (Fsp3) is 0.571. The van der Waals surface area contributed by atoms with Gasteiger partial charge in [-0.2, -0.15) is 12.6 Å². The van der Waals surface area contributed by atoms with E-state index in [9.17, 15) is 0 Å². The molecule has 0 saturated carbocycles. The van der Waals surface area contributed by atoms with Gasteiger partial charge >= 0.3 is 0 Å². The van der Waals surface area contributed by atoms with Gasteiger partial charge in [0.25, 0.3) is 0 Å². The summed E-state index contributed by atoms with van der Waals surface area (Å²) in [5.74, 6) is 0. The molecule has 1 aliphatic rings. The molecular formula is C14H21NS. The normalized spacial score (nSPS) is 23.6. The van der Waals surface area contributed by atoms with Crippen LogP contribution in [0.25, 0.3) is 0 Å². The first-order valence-electron chi connectivity index (χ1n) is 6.14. The van der Waals surface area contributed by atoms with E-state index in [-0.39, 0.29) is 0 Å². The maximum Gasteiger partial charge on any atom is 0.0237 e. The summed E-state index contributed by atoms with van der Waals surface area (Å²) in [5, 5.41) is 0.480. The number of thiol groups is 1. The molecule has 0 aromatic heterocycles. The van der Waals surface area contributed by atoms with Crippen LogP contribution in [0, 0.1) is 6.92 Å². The fourth-order valence-electron chi connectivity index (χ4n) is 2.52. The molecule has 88 valence electrons. The maximum absolute atomic E-state index is 4.59. The molecule has 2 atom stereocenters. The molecule has 1 aliphatic heterocycles. The Morgan fingerprint density at radius 3 is 2.69 bits per heavy atom. The van der Waals surface area contributed by atoms with Gasteiger partial charge in [0.1, 0.15) is 0 Å². The van der Waals surface area contributed by atoms with Crippen LogP contribution in [0.5, 0.6) is 0 Å². The van der Waals surface area contributed by atoms with Crippen LogP contribution >= 0.6 is 12.6 Å². The average molecular weight is 235 g/mol. The first kappa shape index (κ1) is 12.0. The summed E-state index contributed by atoms with van der Waals surface area (Å²) in [5.41, 5.74) is 2.76. The largest absolute Gasteiger partial charge is 0.295 e. The van der Waals surface area contributed by atoms with Gasteiger partial charge in [0.2, 0.25) is 0 Å². The second kappa shape index (κ2) is 5.24. The lowest BCUT2D eigenvalue weighted by Crippen LogP contribution is -2.34. The van der Waals surface area contributed by atoms with Crippen molar-refractivity contribution in [1.29, 1.82) is 0 Å². The van der Waals surface area contributed by atoms with Crippen LogP contribution < -0.4 is 0 Å². The smallest absolute Gasteiger partial charge is 0.0237 e. The molecule has 0 N–H and O–H groups in total. The summed E-state index contributed by atoms with van der Waals surface area (Å²) in [6.07, 6.45) is 2.62. The molecule has 2 heteroatoms. The van der Waals surface area contributed by atoms with Crippen molar-refractivity contribution >= 4 is 12.6 Å². The number of hydrogen-bond donors (Lipinski definition) is 1. The highest BCUT2D eigenvalue weighted by Crippen LogP contribution is 2.24. The molecule has 1 saturated heterocycles. The molecule has 1 aromatic rings. The summed E-state index contributed by atoms with van der Waals surface area (Å²) in [6, 6.07) is 9.54. The lowest BCUT2D eigenvalue weighted by atomic mass is 10.1. The second-order valence-electron chi connectivity index (χ2n) is 4.91. The van der Waals surface area contributed by atoms with E-state index in [0.717, 1.165) is 6.54 Å². The van der Waals surface area contributed by atoms with Gasteiger partial charge in [0.15, 0.2) is 0 Å². The molecule has 2 unspecified atom stereocenters. The lowest BCUT2D eigenvalue weighted by molar-refractivity contribution is 0.245. The molecule has 1 aromatic carbocycles. The van der Waals surface area contributed by atoms with Crippen LogP contribution in [-0.4, -0.2) is 22.7 Å². The molecular weight excluding hydrogens is 214 g/mol. The van der Waals surface area contributed by atoms with E-state index in [1.165, 1.54) is 30.5 Å². The summed E-state index contributed by atoms with van der Waals surface area (Å²) < 4.78 is 0. The topological polar surface area (TPSA) is 3.24 Å². The average Bonchev–Trinajstić information content (AvgIpc) is 2.69. The van der Waals surface area contributed by atoms with E-state index in [1.54, 1.807) is 0 Å². The molecule has 1 fully saturated rings. The van der Waals surface area contributed by atoms with E-state index in [1.807, 2.05) is 0 Å². The second-order valence-corrected chi connectivity index (χ2v) is 5.72. The zero-order valence-electron chi connectivity index (χ0n) is 10.2. The van der Waals surface area contributed by atoms with Gasteiger partial charge in [-0.15, -0.1) is 0 Å². The van der Waals surface area contributed by atoms with Gasteiger partial charge in [-0.05, 0) is 31.9 Å². The van der Waals surface area contributed by atoms with Crippen LogP contribution in [0.4, 0.5) is 0 Å². The molecule has 1 heterocycles.